The lowest BCUT2D eigenvalue weighted by atomic mass is 10.0. The number of thiophene rings is 1. The number of rotatable bonds is 4. The van der Waals surface area contributed by atoms with Crippen LogP contribution in [0.1, 0.15) is 16.5 Å². The molecule has 0 aliphatic heterocycles. The van der Waals surface area contributed by atoms with Crippen LogP contribution >= 0.6 is 11.3 Å². The van der Waals surface area contributed by atoms with Gasteiger partial charge in [-0.25, -0.2) is 8.78 Å². The second-order valence-electron chi connectivity index (χ2n) is 3.67. The molecular formula is C12H12F2N2S. The first-order valence-electron chi connectivity index (χ1n) is 5.14. The van der Waals surface area contributed by atoms with E-state index in [4.69, 9.17) is 5.84 Å². The molecule has 0 spiro atoms. The van der Waals surface area contributed by atoms with Gasteiger partial charge in [0.1, 0.15) is 11.6 Å². The SMILES string of the molecule is NNC(Cc1cccs1)c1cc(F)ccc1F. The number of hydrogen-bond donors (Lipinski definition) is 2. The molecule has 0 bridgehead atoms. The van der Waals surface area contributed by atoms with Crippen molar-refractivity contribution in [1.82, 2.24) is 5.43 Å². The molecule has 5 heteroatoms. The highest BCUT2D eigenvalue weighted by Crippen LogP contribution is 2.23. The minimum atomic E-state index is -0.465. The van der Waals surface area contributed by atoms with Crippen LogP contribution in [0.2, 0.25) is 0 Å². The molecule has 3 N–H and O–H groups in total. The minimum Gasteiger partial charge on any atom is -0.271 e. The fourth-order valence-electron chi connectivity index (χ4n) is 1.67. The second-order valence-corrected chi connectivity index (χ2v) is 4.70. The van der Waals surface area contributed by atoms with Gasteiger partial charge in [-0.05, 0) is 29.6 Å². The molecule has 1 aromatic carbocycles. The van der Waals surface area contributed by atoms with Crippen LogP contribution in [0.4, 0.5) is 8.78 Å². The van der Waals surface area contributed by atoms with Crippen molar-refractivity contribution in [2.24, 2.45) is 5.84 Å². The largest absolute Gasteiger partial charge is 0.271 e. The van der Waals surface area contributed by atoms with Crippen LogP contribution in [-0.2, 0) is 6.42 Å². The number of nitrogens with one attached hydrogen (secondary N) is 1. The van der Waals surface area contributed by atoms with Crippen molar-refractivity contribution in [3.63, 3.8) is 0 Å². The Bertz CT molecular complexity index is 485. The van der Waals surface area contributed by atoms with Crippen LogP contribution in [0.25, 0.3) is 0 Å². The highest BCUT2D eigenvalue weighted by molar-refractivity contribution is 7.09. The highest BCUT2D eigenvalue weighted by atomic mass is 32.1. The molecule has 2 nitrogen and oxygen atoms in total. The zero-order valence-corrected chi connectivity index (χ0v) is 9.81. The van der Waals surface area contributed by atoms with Gasteiger partial charge in [0.05, 0.1) is 6.04 Å². The number of halogens is 2. The minimum absolute atomic E-state index is 0.251. The van der Waals surface area contributed by atoms with Crippen molar-refractivity contribution in [1.29, 1.82) is 0 Å². The van der Waals surface area contributed by atoms with Gasteiger partial charge in [0.15, 0.2) is 0 Å². The predicted octanol–water partition coefficient (Wildman–Crippen LogP) is 2.77. The van der Waals surface area contributed by atoms with Crippen LogP contribution < -0.4 is 11.3 Å². The lowest BCUT2D eigenvalue weighted by molar-refractivity contribution is 0.504. The first kappa shape index (κ1) is 12.2. The lowest BCUT2D eigenvalue weighted by Crippen LogP contribution is -2.30. The van der Waals surface area contributed by atoms with E-state index in [0.29, 0.717) is 6.42 Å². The monoisotopic (exact) mass is 254 g/mol. The van der Waals surface area contributed by atoms with E-state index in [0.717, 1.165) is 17.0 Å². The molecule has 0 amide bonds. The van der Waals surface area contributed by atoms with E-state index in [1.165, 1.54) is 6.07 Å². The average Bonchev–Trinajstić information content (AvgIpc) is 2.82. The summed E-state index contributed by atoms with van der Waals surface area (Å²) >= 11 is 1.56. The third kappa shape index (κ3) is 2.88. The summed E-state index contributed by atoms with van der Waals surface area (Å²) in [6, 6.07) is 6.81. The van der Waals surface area contributed by atoms with Gasteiger partial charge in [-0.3, -0.25) is 11.3 Å². The Labute approximate surface area is 102 Å². The molecule has 0 fully saturated rings. The molecule has 0 aliphatic carbocycles. The molecular weight excluding hydrogens is 242 g/mol. The zero-order valence-electron chi connectivity index (χ0n) is 8.99. The molecule has 0 radical (unpaired) electrons. The molecule has 1 unspecified atom stereocenters. The predicted molar refractivity (Wildman–Crippen MR) is 64.4 cm³/mol. The van der Waals surface area contributed by atoms with E-state index in [1.54, 1.807) is 11.3 Å². The maximum Gasteiger partial charge on any atom is 0.128 e. The Hall–Kier alpha value is -1.30. The molecule has 1 heterocycles. The summed E-state index contributed by atoms with van der Waals surface area (Å²) in [5, 5.41) is 1.94. The number of benzene rings is 1. The molecule has 90 valence electrons. The molecule has 2 rings (SSSR count). The van der Waals surface area contributed by atoms with Gasteiger partial charge in [0.25, 0.3) is 0 Å². The van der Waals surface area contributed by atoms with Crippen LogP contribution in [0.15, 0.2) is 35.7 Å². The number of hydrazine groups is 1. The van der Waals surface area contributed by atoms with E-state index in [2.05, 4.69) is 5.43 Å². The van der Waals surface area contributed by atoms with Crippen LogP contribution in [0, 0.1) is 11.6 Å². The zero-order chi connectivity index (χ0) is 12.3. The second kappa shape index (κ2) is 5.35. The molecule has 2 aromatic rings. The summed E-state index contributed by atoms with van der Waals surface area (Å²) in [6.07, 6.45) is 0.536. The van der Waals surface area contributed by atoms with Gasteiger partial charge in [-0.2, -0.15) is 0 Å². The molecule has 1 atom stereocenters. The van der Waals surface area contributed by atoms with Crippen molar-refractivity contribution in [2.45, 2.75) is 12.5 Å². The Kier molecular flexibility index (Phi) is 3.83. The van der Waals surface area contributed by atoms with Gasteiger partial charge >= 0.3 is 0 Å². The summed E-state index contributed by atoms with van der Waals surface area (Å²) in [5.74, 6) is 4.49. The fraction of sp³-hybridized carbons (Fsp3) is 0.167. The van der Waals surface area contributed by atoms with Gasteiger partial charge in [-0.1, -0.05) is 6.07 Å². The quantitative estimate of drug-likeness (QED) is 0.650. The van der Waals surface area contributed by atoms with Crippen molar-refractivity contribution in [3.05, 3.63) is 57.8 Å². The summed E-state index contributed by atoms with van der Waals surface area (Å²) in [5.41, 5.74) is 2.78. The van der Waals surface area contributed by atoms with Crippen molar-refractivity contribution < 1.29 is 8.78 Å². The normalized spacial score (nSPS) is 12.6. The summed E-state index contributed by atoms with van der Waals surface area (Å²) < 4.78 is 26.7. The molecule has 17 heavy (non-hydrogen) atoms. The Balaban J connectivity index is 2.25. The summed E-state index contributed by atoms with van der Waals surface area (Å²) in [4.78, 5) is 1.07. The van der Waals surface area contributed by atoms with E-state index in [9.17, 15) is 8.78 Å². The van der Waals surface area contributed by atoms with Crippen LogP contribution in [0.5, 0.6) is 0 Å². The fourth-order valence-corrected chi connectivity index (χ4v) is 2.42. The molecule has 0 saturated heterocycles. The maximum absolute atomic E-state index is 13.6. The topological polar surface area (TPSA) is 38.0 Å². The van der Waals surface area contributed by atoms with Gasteiger partial charge in [-0.15, -0.1) is 11.3 Å². The first-order valence-corrected chi connectivity index (χ1v) is 6.02. The van der Waals surface area contributed by atoms with Gasteiger partial charge in [0, 0.05) is 16.9 Å². The molecule has 0 saturated carbocycles. The number of nitrogens with two attached hydrogens (primary N) is 1. The summed E-state index contributed by atoms with van der Waals surface area (Å²) in [7, 11) is 0. The van der Waals surface area contributed by atoms with E-state index in [1.807, 2.05) is 17.5 Å². The van der Waals surface area contributed by atoms with Crippen molar-refractivity contribution in [3.8, 4) is 0 Å². The maximum atomic E-state index is 13.6. The van der Waals surface area contributed by atoms with Crippen molar-refractivity contribution >= 4 is 11.3 Å². The van der Waals surface area contributed by atoms with E-state index in [-0.39, 0.29) is 5.56 Å². The number of hydrogen-bond acceptors (Lipinski definition) is 3. The Morgan fingerprint density at radius 3 is 2.76 bits per heavy atom. The Morgan fingerprint density at radius 1 is 1.29 bits per heavy atom. The first-order chi connectivity index (χ1) is 8.20. The van der Waals surface area contributed by atoms with E-state index >= 15 is 0 Å². The van der Waals surface area contributed by atoms with Gasteiger partial charge in [0.2, 0.25) is 0 Å². The third-order valence-corrected chi connectivity index (χ3v) is 3.42. The lowest BCUT2D eigenvalue weighted by Gasteiger charge is -2.16. The Morgan fingerprint density at radius 2 is 2.12 bits per heavy atom. The van der Waals surface area contributed by atoms with E-state index < -0.39 is 17.7 Å². The van der Waals surface area contributed by atoms with Gasteiger partial charge < -0.3 is 0 Å². The highest BCUT2D eigenvalue weighted by Gasteiger charge is 2.16. The molecule has 0 aliphatic rings. The van der Waals surface area contributed by atoms with Crippen LogP contribution in [0.3, 0.4) is 0 Å². The third-order valence-electron chi connectivity index (χ3n) is 2.52. The smallest absolute Gasteiger partial charge is 0.128 e. The summed E-state index contributed by atoms with van der Waals surface area (Å²) in [6.45, 7) is 0. The average molecular weight is 254 g/mol. The van der Waals surface area contributed by atoms with Crippen molar-refractivity contribution in [2.75, 3.05) is 0 Å². The van der Waals surface area contributed by atoms with Crippen LogP contribution in [-0.4, -0.2) is 0 Å². The molecule has 1 aromatic heterocycles. The standard InChI is InChI=1S/C12H12F2N2S/c13-8-3-4-11(14)10(6-8)12(16-15)7-9-2-1-5-17-9/h1-6,12,16H,7,15H2.